The van der Waals surface area contributed by atoms with E-state index in [-0.39, 0.29) is 6.42 Å². The third kappa shape index (κ3) is 12.4. The van der Waals surface area contributed by atoms with Crippen molar-refractivity contribution in [2.45, 2.75) is 209 Å². The van der Waals surface area contributed by atoms with Crippen molar-refractivity contribution in [3.63, 3.8) is 0 Å². The molecule has 1 saturated carbocycles. The van der Waals surface area contributed by atoms with E-state index in [9.17, 15) is 107 Å². The summed E-state index contributed by atoms with van der Waals surface area (Å²) in [4.78, 5) is 0. The molecule has 13 aliphatic heterocycles. The Hall–Kier alpha value is -1.32. The molecule has 14 fully saturated rings. The summed E-state index contributed by atoms with van der Waals surface area (Å²) in [6.45, 7) is -6.87. The number of hydrogen-bond donors (Lipinski definition) is 21. The molecular weight excluding hydrogens is 1060 g/mol. The summed E-state index contributed by atoms with van der Waals surface area (Å²) in [5.74, 6) is -3.16. The van der Waals surface area contributed by atoms with E-state index in [1.54, 1.807) is 0 Å². The van der Waals surface area contributed by atoms with Gasteiger partial charge in [-0.25, -0.2) is 0 Å². The van der Waals surface area contributed by atoms with Crippen molar-refractivity contribution >= 4 is 0 Å². The molecule has 21 N–H and O–H groups in total. The van der Waals surface area contributed by atoms with Crippen LogP contribution in [0.4, 0.5) is 0 Å². The molecule has 13 heterocycles. The first-order valence-electron chi connectivity index (χ1n) is 25.3. The van der Waals surface area contributed by atoms with Gasteiger partial charge < -0.3 is 164 Å². The Morgan fingerprint density at radius 2 is 0.636 bits per heavy atom. The predicted octanol–water partition coefficient (Wildman–Crippen LogP) is -13.7. The Kier molecular flexibility index (Phi) is 20.9. The molecule has 1 aliphatic carbocycles. The van der Waals surface area contributed by atoms with Gasteiger partial charge in [0.15, 0.2) is 37.7 Å². The molecule has 21 unspecified atom stereocenters. The Balaban J connectivity index is 1.07. The lowest BCUT2D eigenvalue weighted by Crippen LogP contribution is -2.67. The fraction of sp³-hybridized carbons (Fsp3) is 1.00. The molecule has 0 radical (unpaired) electrons. The fourth-order valence-electron chi connectivity index (χ4n) is 11.3. The van der Waals surface area contributed by atoms with Gasteiger partial charge >= 0.3 is 0 Å². The number of fused-ring (bicyclic) bond motifs is 6. The first-order valence-corrected chi connectivity index (χ1v) is 25.3. The van der Waals surface area contributed by atoms with Gasteiger partial charge in [0.25, 0.3) is 0 Å². The van der Waals surface area contributed by atoms with Crippen LogP contribution in [0.3, 0.4) is 0 Å². The summed E-state index contributed by atoms with van der Waals surface area (Å²) in [5, 5.41) is 230. The van der Waals surface area contributed by atoms with Crippen LogP contribution in [0.1, 0.15) is 12.8 Å². The number of rotatable bonds is 8. The van der Waals surface area contributed by atoms with Crippen molar-refractivity contribution in [1.82, 2.24) is 0 Å². The van der Waals surface area contributed by atoms with Crippen LogP contribution < -0.4 is 0 Å². The Labute approximate surface area is 436 Å². The highest BCUT2D eigenvalue weighted by Crippen LogP contribution is 2.52. The third-order valence-electron chi connectivity index (χ3n) is 15.8. The molecule has 0 aromatic carbocycles. The van der Waals surface area contributed by atoms with Gasteiger partial charge in [-0.15, -0.1) is 0 Å². The van der Waals surface area contributed by atoms with Gasteiger partial charge in [0, 0.05) is 12.3 Å². The summed E-state index contributed by atoms with van der Waals surface area (Å²) in [6, 6.07) is 0. The minimum Gasteiger partial charge on any atom is -0.394 e. The second-order valence-electron chi connectivity index (χ2n) is 20.6. The SMILES string of the molecule is OCC(O)[C@H]1O[C@H]2OC(CO)[C@@H](O[C@H]3OC(CO)[C@@H](O[C@H]4OC(CO)[C@H](CC4O)O[C@H]4OC(CO)[C@@H](O[C@H]5OC(CO)[C@@H](O[C@@H]6OC(CO)[C@H](C(O)C6O)C6C[C@@H]6C(O)C1O)C(O)C5O)C(O)C4O)C(O)C3O)C(O)C2O. The van der Waals surface area contributed by atoms with E-state index < -0.39 is 267 Å². The summed E-state index contributed by atoms with van der Waals surface area (Å²) in [7, 11) is 0. The molecular formula is C44H74O33. The lowest BCUT2D eigenvalue weighted by atomic mass is 9.83. The van der Waals surface area contributed by atoms with Crippen LogP contribution in [0.25, 0.3) is 0 Å². The van der Waals surface area contributed by atoms with Gasteiger partial charge in [-0.1, -0.05) is 0 Å². The van der Waals surface area contributed by atoms with Crippen LogP contribution in [0.15, 0.2) is 0 Å². The standard InChI is InChI=1S/C44H74O33/c45-3-13(53)34-24(56)22(54)11-1-10(11)21-16(5-47)68-41(29(61)23(21)55)75-37-20(9-51)72-44(33(65)28(37)60)76-36-18(7-49)69-40(30(62)25(36)57)66-14-2-12(52)39(67-15(14)4-46)74-35-17(6-48)71-43(32(64)26(35)58)77-38-19(8-50)70-42(73-34)31(63)27(38)59/h10-65H,1-9H2/t10?,11-,12?,13?,14-,15?,16?,17?,18?,19?,20?,21+,22?,23?,24?,25?,26?,27?,28?,29?,30?,31?,32?,33?,34+,35+,36+,37+,38+,39+,40-,41-,42+,43+,44+/m0/s1. The Bertz CT molecular complexity index is 1820. The molecule has 14 rings (SSSR count). The van der Waals surface area contributed by atoms with Crippen molar-refractivity contribution in [1.29, 1.82) is 0 Å². The maximum atomic E-state index is 11.5. The molecule has 77 heavy (non-hydrogen) atoms. The zero-order valence-electron chi connectivity index (χ0n) is 40.9. The number of hydrogen-bond acceptors (Lipinski definition) is 33. The topological polar surface area (TPSA) is 536 Å². The van der Waals surface area contributed by atoms with Crippen LogP contribution in [0.2, 0.25) is 0 Å². The molecule has 0 spiro atoms. The minimum atomic E-state index is -2.22. The highest BCUT2D eigenvalue weighted by molar-refractivity contribution is 5.07. The van der Waals surface area contributed by atoms with E-state index >= 15 is 0 Å². The zero-order chi connectivity index (χ0) is 56.1. The smallest absolute Gasteiger partial charge is 0.187 e. The van der Waals surface area contributed by atoms with Crippen molar-refractivity contribution < 1.29 is 164 Å². The van der Waals surface area contributed by atoms with E-state index in [2.05, 4.69) is 0 Å². The molecule has 0 aromatic heterocycles. The van der Waals surface area contributed by atoms with Crippen LogP contribution in [-0.2, 0) is 56.8 Å². The molecule has 12 bridgehead atoms. The second-order valence-corrected chi connectivity index (χ2v) is 20.6. The predicted molar refractivity (Wildman–Crippen MR) is 235 cm³/mol. The molecule has 0 aromatic rings. The Morgan fingerprint density at radius 3 is 1.03 bits per heavy atom. The normalized spacial score (nSPS) is 54.7. The molecule has 33 heteroatoms. The molecule has 448 valence electrons. The van der Waals surface area contributed by atoms with Crippen molar-refractivity contribution in [2.24, 2.45) is 17.8 Å². The average molecular weight is 1130 g/mol. The summed E-state index contributed by atoms with van der Waals surface area (Å²) in [6.07, 6.45) is -61.2. The maximum absolute atomic E-state index is 11.5. The summed E-state index contributed by atoms with van der Waals surface area (Å²) in [5.41, 5.74) is 0. The second kappa shape index (κ2) is 26.1. The number of ether oxygens (including phenoxy) is 12. The Morgan fingerprint density at radius 1 is 0.299 bits per heavy atom. The van der Waals surface area contributed by atoms with Crippen LogP contribution in [0.5, 0.6) is 0 Å². The van der Waals surface area contributed by atoms with Gasteiger partial charge in [-0.05, 0) is 18.3 Å². The minimum absolute atomic E-state index is 0.0421. The van der Waals surface area contributed by atoms with Crippen molar-refractivity contribution in [3.05, 3.63) is 0 Å². The first-order chi connectivity index (χ1) is 36.7. The highest BCUT2D eigenvalue weighted by Gasteiger charge is 2.61. The first kappa shape index (κ1) is 61.7. The fourth-order valence-corrected chi connectivity index (χ4v) is 11.3. The molecule has 14 aliphatic rings. The van der Waals surface area contributed by atoms with E-state index in [1.165, 1.54) is 0 Å². The van der Waals surface area contributed by atoms with Crippen LogP contribution in [-0.4, -0.2) is 350 Å². The summed E-state index contributed by atoms with van der Waals surface area (Å²) < 4.78 is 68.9. The number of aliphatic hydroxyl groups is 21. The van der Waals surface area contributed by atoms with Gasteiger partial charge in [-0.2, -0.15) is 0 Å². The van der Waals surface area contributed by atoms with Crippen LogP contribution >= 0.6 is 0 Å². The third-order valence-corrected chi connectivity index (χ3v) is 15.8. The maximum Gasteiger partial charge on any atom is 0.187 e. The van der Waals surface area contributed by atoms with Crippen molar-refractivity contribution in [2.75, 3.05) is 46.2 Å². The van der Waals surface area contributed by atoms with E-state index in [4.69, 9.17) is 56.8 Å². The summed E-state index contributed by atoms with van der Waals surface area (Å²) >= 11 is 0. The molecule has 35 atom stereocenters. The quantitative estimate of drug-likeness (QED) is 0.107. The van der Waals surface area contributed by atoms with Crippen molar-refractivity contribution in [3.8, 4) is 0 Å². The lowest BCUT2D eigenvalue weighted by Gasteiger charge is -2.49. The molecule has 33 nitrogen and oxygen atoms in total. The largest absolute Gasteiger partial charge is 0.394 e. The van der Waals surface area contributed by atoms with Gasteiger partial charge in [-0.3, -0.25) is 0 Å². The van der Waals surface area contributed by atoms with Gasteiger partial charge in [0.2, 0.25) is 0 Å². The van der Waals surface area contributed by atoms with Gasteiger partial charge in [0.05, 0.1) is 70.7 Å². The lowest BCUT2D eigenvalue weighted by molar-refractivity contribution is -0.389. The molecule has 13 saturated heterocycles. The average Bonchev–Trinajstić information content (AvgIpc) is 4.34. The zero-order valence-corrected chi connectivity index (χ0v) is 40.9. The van der Waals surface area contributed by atoms with E-state index in [0.717, 1.165) is 0 Å². The molecule has 0 amide bonds. The van der Waals surface area contributed by atoms with E-state index in [0.29, 0.717) is 0 Å². The van der Waals surface area contributed by atoms with Crippen LogP contribution in [0, 0.1) is 17.8 Å². The number of aliphatic hydroxyl groups excluding tert-OH is 21. The van der Waals surface area contributed by atoms with Gasteiger partial charge in [0.1, 0.15) is 134 Å². The monoisotopic (exact) mass is 1130 g/mol. The van der Waals surface area contributed by atoms with E-state index in [1.807, 2.05) is 0 Å². The highest BCUT2D eigenvalue weighted by atomic mass is 16.8.